The first-order valence-electron chi connectivity index (χ1n) is 7.27. The van der Waals surface area contributed by atoms with Crippen molar-refractivity contribution >= 4 is 75.2 Å². The number of aliphatic hydroxyl groups is 1. The fraction of sp³-hybridized carbons (Fsp3) is 0.125. The van der Waals surface area contributed by atoms with Gasteiger partial charge in [-0.1, -0.05) is 34.8 Å². The van der Waals surface area contributed by atoms with Crippen molar-refractivity contribution in [3.63, 3.8) is 0 Å². The van der Waals surface area contributed by atoms with Gasteiger partial charge >= 0.3 is 5.97 Å². The zero-order valence-electron chi connectivity index (χ0n) is 13.1. The van der Waals surface area contributed by atoms with Crippen LogP contribution in [0.15, 0.2) is 30.3 Å². The van der Waals surface area contributed by atoms with Gasteiger partial charge in [0.15, 0.2) is 5.11 Å². The average molecular weight is 435 g/mol. The molecule has 0 bridgehead atoms. The first kappa shape index (κ1) is 20.5. The maximum absolute atomic E-state index is 11.5. The minimum Gasteiger partial charge on any atom is -0.478 e. The van der Waals surface area contributed by atoms with Crippen molar-refractivity contribution in [2.75, 3.05) is 29.1 Å². The normalized spacial score (nSPS) is 10.3. The highest BCUT2D eigenvalue weighted by Crippen LogP contribution is 2.34. The van der Waals surface area contributed by atoms with Crippen LogP contribution in [0.1, 0.15) is 10.4 Å². The van der Waals surface area contributed by atoms with E-state index in [4.69, 9.17) is 52.1 Å². The summed E-state index contributed by atoms with van der Waals surface area (Å²) in [5.41, 5.74) is 0.981. The van der Waals surface area contributed by atoms with Gasteiger partial charge in [-0.2, -0.15) is 0 Å². The molecule has 0 heterocycles. The van der Waals surface area contributed by atoms with Crippen LogP contribution >= 0.6 is 47.0 Å². The number of anilines is 3. The molecule has 0 radical (unpaired) electrons. The van der Waals surface area contributed by atoms with Gasteiger partial charge in [-0.15, -0.1) is 0 Å². The van der Waals surface area contributed by atoms with Crippen LogP contribution in [0.5, 0.6) is 0 Å². The van der Waals surface area contributed by atoms with Crippen LogP contribution in [-0.4, -0.2) is 34.4 Å². The van der Waals surface area contributed by atoms with Crippen molar-refractivity contribution in [2.45, 2.75) is 0 Å². The zero-order valence-corrected chi connectivity index (χ0v) is 16.2. The first-order valence-corrected chi connectivity index (χ1v) is 8.81. The van der Waals surface area contributed by atoms with E-state index in [9.17, 15) is 9.90 Å². The molecule has 138 valence electrons. The summed E-state index contributed by atoms with van der Waals surface area (Å²) in [7, 11) is 0. The number of halogens is 3. The van der Waals surface area contributed by atoms with Crippen molar-refractivity contribution in [1.29, 1.82) is 0 Å². The van der Waals surface area contributed by atoms with E-state index in [2.05, 4.69) is 16.0 Å². The van der Waals surface area contributed by atoms with Gasteiger partial charge in [0.05, 0.1) is 39.3 Å². The molecular formula is C16H14Cl3N3O3S. The Balaban J connectivity index is 2.30. The van der Waals surface area contributed by atoms with Gasteiger partial charge in [0.2, 0.25) is 0 Å². The summed E-state index contributed by atoms with van der Waals surface area (Å²) in [5, 5.41) is 28.2. The van der Waals surface area contributed by atoms with Gasteiger partial charge in [-0.3, -0.25) is 0 Å². The van der Waals surface area contributed by atoms with E-state index in [1.165, 1.54) is 12.1 Å². The Morgan fingerprint density at radius 1 is 1.04 bits per heavy atom. The number of hydrogen-bond donors (Lipinski definition) is 5. The summed E-state index contributed by atoms with van der Waals surface area (Å²) in [6.45, 7) is -0.0490. The lowest BCUT2D eigenvalue weighted by molar-refractivity contribution is 0.0698. The number of aromatic carboxylic acids is 1. The van der Waals surface area contributed by atoms with Gasteiger partial charge in [0, 0.05) is 11.6 Å². The molecule has 0 aliphatic carbocycles. The highest BCUT2D eigenvalue weighted by Gasteiger charge is 2.18. The maximum atomic E-state index is 11.5. The minimum atomic E-state index is -1.15. The number of nitrogens with one attached hydrogen (secondary N) is 3. The van der Waals surface area contributed by atoms with Crippen molar-refractivity contribution < 1.29 is 15.0 Å². The molecule has 0 unspecified atom stereocenters. The van der Waals surface area contributed by atoms with Gasteiger partial charge in [0.1, 0.15) is 0 Å². The highest BCUT2D eigenvalue weighted by molar-refractivity contribution is 7.80. The van der Waals surface area contributed by atoms with Crippen LogP contribution in [0.4, 0.5) is 17.1 Å². The van der Waals surface area contributed by atoms with Crippen molar-refractivity contribution in [3.8, 4) is 0 Å². The average Bonchev–Trinajstić information content (AvgIpc) is 2.57. The molecule has 5 N–H and O–H groups in total. The monoisotopic (exact) mass is 433 g/mol. The van der Waals surface area contributed by atoms with E-state index in [1.807, 2.05) is 0 Å². The fourth-order valence-corrected chi connectivity index (χ4v) is 2.97. The van der Waals surface area contributed by atoms with Crippen LogP contribution < -0.4 is 16.0 Å². The lowest BCUT2D eigenvalue weighted by Gasteiger charge is -2.18. The van der Waals surface area contributed by atoms with Crippen LogP contribution in [0, 0.1) is 0 Å². The SMILES string of the molecule is O=C(O)c1ccc(Cl)c(NC(=S)Nc2ccc(Cl)cc2Cl)c1NCCO. The summed E-state index contributed by atoms with van der Waals surface area (Å²) in [4.78, 5) is 11.5. The molecule has 6 nitrogen and oxygen atoms in total. The summed E-state index contributed by atoms with van der Waals surface area (Å²) in [6, 6.07) is 7.65. The quantitative estimate of drug-likeness (QED) is 0.426. The topological polar surface area (TPSA) is 93.6 Å². The summed E-state index contributed by atoms with van der Waals surface area (Å²) in [5.74, 6) is -1.15. The van der Waals surface area contributed by atoms with E-state index in [-0.39, 0.29) is 40.2 Å². The molecule has 0 amide bonds. The summed E-state index contributed by atoms with van der Waals surface area (Å²) >= 11 is 23.4. The third-order valence-corrected chi connectivity index (χ3v) is 4.28. The third-order valence-electron chi connectivity index (χ3n) is 3.22. The van der Waals surface area contributed by atoms with E-state index in [0.29, 0.717) is 15.7 Å². The Labute approximate surface area is 170 Å². The fourth-order valence-electron chi connectivity index (χ4n) is 2.10. The van der Waals surface area contributed by atoms with Crippen molar-refractivity contribution in [1.82, 2.24) is 0 Å². The van der Waals surface area contributed by atoms with Crippen molar-refractivity contribution in [3.05, 3.63) is 51.0 Å². The number of carboxylic acid groups (broad SMARTS) is 1. The van der Waals surface area contributed by atoms with Crippen LogP contribution in [0.2, 0.25) is 15.1 Å². The smallest absolute Gasteiger partial charge is 0.337 e. The second kappa shape index (κ2) is 9.25. The molecule has 2 rings (SSSR count). The zero-order chi connectivity index (χ0) is 19.3. The molecule has 2 aromatic rings. The Morgan fingerprint density at radius 2 is 1.77 bits per heavy atom. The second-order valence-corrected chi connectivity index (χ2v) is 6.66. The van der Waals surface area contributed by atoms with Crippen molar-refractivity contribution in [2.24, 2.45) is 0 Å². The minimum absolute atomic E-state index is 0.0160. The Kier molecular flexibility index (Phi) is 7.31. The van der Waals surface area contributed by atoms with Gasteiger partial charge in [-0.05, 0) is 42.5 Å². The molecule has 0 aliphatic heterocycles. The molecule has 0 spiro atoms. The number of hydrogen-bond acceptors (Lipinski definition) is 4. The molecule has 2 aromatic carbocycles. The van der Waals surface area contributed by atoms with E-state index in [0.717, 1.165) is 0 Å². The molecule has 0 aromatic heterocycles. The lowest BCUT2D eigenvalue weighted by atomic mass is 10.1. The molecule has 10 heteroatoms. The number of rotatable bonds is 6. The van der Waals surface area contributed by atoms with Gasteiger partial charge in [-0.25, -0.2) is 4.79 Å². The molecule has 26 heavy (non-hydrogen) atoms. The largest absolute Gasteiger partial charge is 0.478 e. The van der Waals surface area contributed by atoms with Crippen LogP contribution in [0.25, 0.3) is 0 Å². The lowest BCUT2D eigenvalue weighted by Crippen LogP contribution is -2.22. The molecule has 0 saturated carbocycles. The van der Waals surface area contributed by atoms with Crippen LogP contribution in [0.3, 0.4) is 0 Å². The molecule has 0 saturated heterocycles. The second-order valence-electron chi connectivity index (χ2n) is 5.00. The van der Waals surface area contributed by atoms with E-state index in [1.54, 1.807) is 18.2 Å². The third kappa shape index (κ3) is 5.12. The molecule has 0 atom stereocenters. The van der Waals surface area contributed by atoms with Gasteiger partial charge < -0.3 is 26.2 Å². The maximum Gasteiger partial charge on any atom is 0.337 e. The standard InChI is InChI=1S/C16H14Cl3N3O3S/c17-8-1-4-12(11(19)7-8)21-16(26)22-14-10(18)3-2-9(15(24)25)13(14)20-5-6-23/h1-4,7,20,23H,5-6H2,(H,24,25)(H2,21,22,26). The number of carboxylic acids is 1. The Morgan fingerprint density at radius 3 is 2.38 bits per heavy atom. The first-order chi connectivity index (χ1) is 12.3. The summed E-state index contributed by atoms with van der Waals surface area (Å²) in [6.07, 6.45) is 0. The molecule has 0 fully saturated rings. The Bertz CT molecular complexity index is 849. The number of carbonyl (C=O) groups is 1. The highest BCUT2D eigenvalue weighted by atomic mass is 35.5. The van der Waals surface area contributed by atoms with E-state index >= 15 is 0 Å². The number of aliphatic hydroxyl groups excluding tert-OH is 1. The number of benzene rings is 2. The van der Waals surface area contributed by atoms with Gasteiger partial charge in [0.25, 0.3) is 0 Å². The van der Waals surface area contributed by atoms with E-state index < -0.39 is 5.97 Å². The predicted octanol–water partition coefficient (Wildman–Crippen LogP) is 4.56. The predicted molar refractivity (Wildman–Crippen MR) is 110 cm³/mol. The molecule has 0 aliphatic rings. The molecular weight excluding hydrogens is 421 g/mol. The number of thiocarbonyl (C=S) groups is 1. The Hall–Kier alpha value is -1.77. The summed E-state index contributed by atoms with van der Waals surface area (Å²) < 4.78 is 0. The van der Waals surface area contributed by atoms with Crippen LogP contribution in [-0.2, 0) is 0 Å².